The van der Waals surface area contributed by atoms with E-state index >= 15 is 0 Å². The van der Waals surface area contributed by atoms with Crippen LogP contribution in [0, 0.1) is 10.1 Å². The van der Waals surface area contributed by atoms with E-state index in [0.29, 0.717) is 11.3 Å². The van der Waals surface area contributed by atoms with Crippen LogP contribution in [0.15, 0.2) is 42.5 Å². The zero-order valence-electron chi connectivity index (χ0n) is 14.7. The number of hydrogen-bond acceptors (Lipinski definition) is 5. The molecule has 0 unspecified atom stereocenters. The molecular formula is C19H19N3O5. The van der Waals surface area contributed by atoms with Gasteiger partial charge in [-0.3, -0.25) is 19.7 Å². The molecule has 1 aliphatic rings. The molecule has 0 radical (unpaired) electrons. The number of nitro benzene ring substituents is 1. The molecule has 27 heavy (non-hydrogen) atoms. The van der Waals surface area contributed by atoms with E-state index in [9.17, 15) is 19.7 Å². The molecule has 1 saturated carbocycles. The predicted molar refractivity (Wildman–Crippen MR) is 99.1 cm³/mol. The standard InChI is InChI=1S/C19H19N3O5/c1-2-27-17-9-6-13(11-16(17)22(25)26)19(24)21-15-5-3-4-12(10-15)18(23)20-14-7-8-14/h3-6,9-11,14H,2,7-8H2,1H3,(H,20,23)(H,21,24). The maximum Gasteiger partial charge on any atom is 0.311 e. The zero-order valence-corrected chi connectivity index (χ0v) is 14.7. The number of nitro groups is 1. The van der Waals surface area contributed by atoms with E-state index in [-0.39, 0.29) is 35.6 Å². The molecule has 2 N–H and O–H groups in total. The quantitative estimate of drug-likeness (QED) is 0.575. The zero-order chi connectivity index (χ0) is 19.4. The largest absolute Gasteiger partial charge is 0.487 e. The Morgan fingerprint density at radius 3 is 2.56 bits per heavy atom. The van der Waals surface area contributed by atoms with Crippen LogP contribution in [-0.4, -0.2) is 29.4 Å². The Kier molecular flexibility index (Phi) is 5.35. The van der Waals surface area contributed by atoms with E-state index in [1.165, 1.54) is 18.2 Å². The van der Waals surface area contributed by atoms with Gasteiger partial charge in [0.1, 0.15) is 0 Å². The maximum atomic E-state index is 12.5. The van der Waals surface area contributed by atoms with Crippen LogP contribution in [0.5, 0.6) is 5.75 Å². The van der Waals surface area contributed by atoms with Crippen molar-refractivity contribution in [3.63, 3.8) is 0 Å². The minimum absolute atomic E-state index is 0.109. The van der Waals surface area contributed by atoms with Gasteiger partial charge < -0.3 is 15.4 Å². The van der Waals surface area contributed by atoms with Gasteiger partial charge >= 0.3 is 5.69 Å². The predicted octanol–water partition coefficient (Wildman–Crippen LogP) is 3.14. The van der Waals surface area contributed by atoms with Crippen LogP contribution in [-0.2, 0) is 0 Å². The van der Waals surface area contributed by atoms with E-state index in [1.807, 2.05) is 0 Å². The molecule has 0 bridgehead atoms. The van der Waals surface area contributed by atoms with Gasteiger partial charge in [-0.05, 0) is 50.1 Å². The number of carbonyl (C=O) groups is 2. The minimum atomic E-state index is -0.593. The highest BCUT2D eigenvalue weighted by atomic mass is 16.6. The third-order valence-electron chi connectivity index (χ3n) is 4.01. The van der Waals surface area contributed by atoms with Crippen molar-refractivity contribution >= 4 is 23.2 Å². The van der Waals surface area contributed by atoms with E-state index < -0.39 is 10.8 Å². The first kappa shape index (κ1) is 18.4. The maximum absolute atomic E-state index is 12.5. The summed E-state index contributed by atoms with van der Waals surface area (Å²) in [6.45, 7) is 2.00. The highest BCUT2D eigenvalue weighted by Crippen LogP contribution is 2.28. The van der Waals surface area contributed by atoms with Gasteiger partial charge in [-0.2, -0.15) is 0 Å². The lowest BCUT2D eigenvalue weighted by Gasteiger charge is -2.09. The molecule has 0 aliphatic heterocycles. The third-order valence-corrected chi connectivity index (χ3v) is 4.01. The van der Waals surface area contributed by atoms with Gasteiger partial charge in [0.05, 0.1) is 11.5 Å². The first-order valence-corrected chi connectivity index (χ1v) is 8.61. The van der Waals surface area contributed by atoms with Crippen molar-refractivity contribution in [1.29, 1.82) is 0 Å². The Hall–Kier alpha value is -3.42. The fourth-order valence-electron chi connectivity index (χ4n) is 2.52. The molecule has 140 valence electrons. The highest BCUT2D eigenvalue weighted by molar-refractivity contribution is 6.05. The summed E-state index contributed by atoms with van der Waals surface area (Å²) in [6.07, 6.45) is 1.97. The molecule has 8 heteroatoms. The Morgan fingerprint density at radius 1 is 1.15 bits per heavy atom. The lowest BCUT2D eigenvalue weighted by molar-refractivity contribution is -0.385. The monoisotopic (exact) mass is 369 g/mol. The number of hydrogen-bond donors (Lipinski definition) is 2. The Labute approximate surface area is 155 Å². The van der Waals surface area contributed by atoms with E-state index in [0.717, 1.165) is 12.8 Å². The first-order valence-electron chi connectivity index (χ1n) is 8.61. The van der Waals surface area contributed by atoms with Crippen molar-refractivity contribution in [3.05, 3.63) is 63.7 Å². The van der Waals surface area contributed by atoms with Crippen LogP contribution in [0.25, 0.3) is 0 Å². The molecule has 8 nitrogen and oxygen atoms in total. The summed E-state index contributed by atoms with van der Waals surface area (Å²) in [6, 6.07) is 10.8. The summed E-state index contributed by atoms with van der Waals surface area (Å²) in [5, 5.41) is 16.7. The fourth-order valence-corrected chi connectivity index (χ4v) is 2.52. The van der Waals surface area contributed by atoms with Crippen LogP contribution < -0.4 is 15.4 Å². The molecule has 1 fully saturated rings. The van der Waals surface area contributed by atoms with Gasteiger partial charge in [-0.25, -0.2) is 0 Å². The van der Waals surface area contributed by atoms with Gasteiger partial charge in [0.15, 0.2) is 5.75 Å². The van der Waals surface area contributed by atoms with E-state index in [1.54, 1.807) is 31.2 Å². The number of benzene rings is 2. The molecule has 2 aromatic carbocycles. The number of nitrogens with one attached hydrogen (secondary N) is 2. The molecule has 0 atom stereocenters. The second kappa shape index (κ2) is 7.86. The number of amides is 2. The molecule has 0 spiro atoms. The Balaban J connectivity index is 1.76. The van der Waals surface area contributed by atoms with Crippen molar-refractivity contribution in [1.82, 2.24) is 5.32 Å². The van der Waals surface area contributed by atoms with Crippen molar-refractivity contribution < 1.29 is 19.2 Å². The molecule has 0 heterocycles. The Bertz CT molecular complexity index is 893. The van der Waals surface area contributed by atoms with Crippen molar-refractivity contribution in [2.45, 2.75) is 25.8 Å². The van der Waals surface area contributed by atoms with Gasteiger partial charge in [-0.1, -0.05) is 6.07 Å². The van der Waals surface area contributed by atoms with Gasteiger partial charge in [0.2, 0.25) is 0 Å². The van der Waals surface area contributed by atoms with Crippen molar-refractivity contribution in [2.24, 2.45) is 0 Å². The summed E-state index contributed by atoms with van der Waals surface area (Å²) >= 11 is 0. The summed E-state index contributed by atoms with van der Waals surface area (Å²) in [5.41, 5.74) is 0.720. The summed E-state index contributed by atoms with van der Waals surface area (Å²) < 4.78 is 5.21. The van der Waals surface area contributed by atoms with Crippen LogP contribution >= 0.6 is 0 Å². The normalized spacial score (nSPS) is 12.9. The molecular weight excluding hydrogens is 350 g/mol. The lowest BCUT2D eigenvalue weighted by atomic mass is 10.1. The SMILES string of the molecule is CCOc1ccc(C(=O)Nc2cccc(C(=O)NC3CC3)c2)cc1[N+](=O)[O-]. The molecule has 2 aromatic rings. The number of nitrogens with zero attached hydrogens (tertiary/aromatic N) is 1. The minimum Gasteiger partial charge on any atom is -0.487 e. The average molecular weight is 369 g/mol. The molecule has 3 rings (SSSR count). The molecule has 1 aliphatic carbocycles. The van der Waals surface area contributed by atoms with Crippen LogP contribution in [0.3, 0.4) is 0 Å². The fraction of sp³-hybridized carbons (Fsp3) is 0.263. The van der Waals surface area contributed by atoms with Gasteiger partial charge in [0.25, 0.3) is 11.8 Å². The number of ether oxygens (including phenoxy) is 1. The number of carbonyl (C=O) groups excluding carboxylic acids is 2. The highest BCUT2D eigenvalue weighted by Gasteiger charge is 2.24. The van der Waals surface area contributed by atoms with Crippen LogP contribution in [0.4, 0.5) is 11.4 Å². The lowest BCUT2D eigenvalue weighted by Crippen LogP contribution is -2.25. The molecule has 0 saturated heterocycles. The van der Waals surface area contributed by atoms with Crippen molar-refractivity contribution in [2.75, 3.05) is 11.9 Å². The van der Waals surface area contributed by atoms with E-state index in [2.05, 4.69) is 10.6 Å². The summed E-state index contributed by atoms with van der Waals surface area (Å²) in [5.74, 6) is -0.594. The topological polar surface area (TPSA) is 111 Å². The second-order valence-corrected chi connectivity index (χ2v) is 6.16. The van der Waals surface area contributed by atoms with Crippen molar-refractivity contribution in [3.8, 4) is 5.75 Å². The first-order chi connectivity index (χ1) is 13.0. The average Bonchev–Trinajstić information content (AvgIpc) is 3.46. The summed E-state index contributed by atoms with van der Waals surface area (Å²) in [7, 11) is 0. The third kappa shape index (κ3) is 4.60. The second-order valence-electron chi connectivity index (χ2n) is 6.16. The summed E-state index contributed by atoms with van der Waals surface area (Å²) in [4.78, 5) is 35.2. The number of rotatable bonds is 7. The van der Waals surface area contributed by atoms with Crippen LogP contribution in [0.1, 0.15) is 40.5 Å². The Morgan fingerprint density at radius 2 is 1.89 bits per heavy atom. The van der Waals surface area contributed by atoms with Gasteiger partial charge in [-0.15, -0.1) is 0 Å². The van der Waals surface area contributed by atoms with E-state index in [4.69, 9.17) is 4.74 Å². The van der Waals surface area contributed by atoms with Crippen LogP contribution in [0.2, 0.25) is 0 Å². The number of anilines is 1. The van der Waals surface area contributed by atoms with Gasteiger partial charge in [0, 0.05) is 28.9 Å². The molecule has 0 aromatic heterocycles. The smallest absolute Gasteiger partial charge is 0.311 e. The molecule has 2 amide bonds.